The van der Waals surface area contributed by atoms with E-state index in [1.54, 1.807) is 24.3 Å². The van der Waals surface area contributed by atoms with Crippen molar-refractivity contribution in [1.82, 2.24) is 14.3 Å². The lowest BCUT2D eigenvalue weighted by molar-refractivity contribution is -0.152. The molecule has 0 bridgehead atoms. The zero-order chi connectivity index (χ0) is 23.7. The third kappa shape index (κ3) is 6.96. The van der Waals surface area contributed by atoms with Crippen LogP contribution in [0.4, 0.5) is 0 Å². The Morgan fingerprint density at radius 3 is 2.38 bits per heavy atom. The van der Waals surface area contributed by atoms with Gasteiger partial charge in [0.25, 0.3) is 5.88 Å². The van der Waals surface area contributed by atoms with Crippen LogP contribution in [-0.4, -0.2) is 37.6 Å². The lowest BCUT2D eigenvalue weighted by Crippen LogP contribution is -2.40. The van der Waals surface area contributed by atoms with Crippen LogP contribution in [-0.2, 0) is 24.8 Å². The maximum atomic E-state index is 12.3. The van der Waals surface area contributed by atoms with E-state index in [0.717, 1.165) is 42.2 Å². The number of aliphatic carboxylic acids is 1. The molecule has 0 radical (unpaired) electrons. The van der Waals surface area contributed by atoms with Gasteiger partial charge in [0.15, 0.2) is 5.60 Å². The van der Waals surface area contributed by atoms with Crippen molar-refractivity contribution in [1.29, 1.82) is 0 Å². The molecule has 2 rings (SSSR count). The van der Waals surface area contributed by atoms with Gasteiger partial charge in [-0.1, -0.05) is 44.7 Å². The Morgan fingerprint density at radius 1 is 1.09 bits per heavy atom. The number of carboxylic acid groups (broad SMARTS) is 1. The maximum Gasteiger partial charge on any atom is 0.347 e. The molecule has 0 fully saturated rings. The van der Waals surface area contributed by atoms with Gasteiger partial charge in [0.1, 0.15) is 5.75 Å². The van der Waals surface area contributed by atoms with Gasteiger partial charge < -0.3 is 14.6 Å². The average Bonchev–Trinajstić information content (AvgIpc) is 2.75. The van der Waals surface area contributed by atoms with Crippen molar-refractivity contribution in [3.05, 3.63) is 50.7 Å². The highest BCUT2D eigenvalue weighted by atomic mass is 16.5. The normalized spacial score (nSPS) is 11.4. The third-order valence-electron chi connectivity index (χ3n) is 5.12. The Labute approximate surface area is 187 Å². The number of rotatable bonds is 13. The standard InChI is InChI=1S/C23H33N3O6/c1-5-6-7-8-9-15-26-22(30)25(4)20(27)19(24-26)31-16-14-17-10-12-18(13-11-17)32-23(2,3)21(28)29/h10-13H,5-9,14-16H2,1-4H3,(H,28,29). The molecule has 0 aliphatic rings. The molecule has 0 spiro atoms. The fraction of sp³-hybridized carbons (Fsp3) is 0.565. The Hall–Kier alpha value is -3.10. The number of carbonyl (C=O) groups is 1. The quantitative estimate of drug-likeness (QED) is 0.470. The van der Waals surface area contributed by atoms with Crippen molar-refractivity contribution >= 4 is 5.97 Å². The monoisotopic (exact) mass is 447 g/mol. The van der Waals surface area contributed by atoms with E-state index < -0.39 is 22.8 Å². The second-order valence-corrected chi connectivity index (χ2v) is 8.25. The summed E-state index contributed by atoms with van der Waals surface area (Å²) in [6.07, 6.45) is 5.74. The second-order valence-electron chi connectivity index (χ2n) is 8.25. The molecule has 0 aliphatic heterocycles. The second kappa shape index (κ2) is 11.5. The molecule has 1 aromatic heterocycles. The number of aromatic nitrogens is 3. The van der Waals surface area contributed by atoms with Crippen LogP contribution in [0.1, 0.15) is 58.4 Å². The number of aryl methyl sites for hydroxylation is 1. The van der Waals surface area contributed by atoms with Crippen molar-refractivity contribution in [2.24, 2.45) is 7.05 Å². The fourth-order valence-corrected chi connectivity index (χ4v) is 3.03. The minimum atomic E-state index is -1.32. The van der Waals surface area contributed by atoms with E-state index >= 15 is 0 Å². The summed E-state index contributed by atoms with van der Waals surface area (Å²) < 4.78 is 13.4. The van der Waals surface area contributed by atoms with Gasteiger partial charge in [-0.2, -0.15) is 0 Å². The Morgan fingerprint density at radius 2 is 1.75 bits per heavy atom. The smallest absolute Gasteiger partial charge is 0.347 e. The SMILES string of the molecule is CCCCCCCn1nc(OCCc2ccc(OC(C)(C)C(=O)O)cc2)c(=O)n(C)c1=O. The molecule has 9 nitrogen and oxygen atoms in total. The topological polar surface area (TPSA) is 113 Å². The van der Waals surface area contributed by atoms with Gasteiger partial charge in [-0.15, -0.1) is 5.10 Å². The number of unbranched alkanes of at least 4 members (excludes halogenated alkanes) is 4. The van der Waals surface area contributed by atoms with Gasteiger partial charge in [-0.3, -0.25) is 9.36 Å². The third-order valence-corrected chi connectivity index (χ3v) is 5.12. The number of carboxylic acids is 1. The average molecular weight is 448 g/mol. The minimum absolute atomic E-state index is 0.0937. The first-order chi connectivity index (χ1) is 15.2. The predicted octanol–water partition coefficient (Wildman–Crippen LogP) is 2.78. The molecule has 2 aromatic rings. The van der Waals surface area contributed by atoms with Gasteiger partial charge >= 0.3 is 17.2 Å². The van der Waals surface area contributed by atoms with E-state index in [0.29, 0.717) is 18.7 Å². The number of nitrogens with zero attached hydrogens (tertiary/aromatic N) is 3. The van der Waals surface area contributed by atoms with Crippen LogP contribution in [0.25, 0.3) is 0 Å². The highest BCUT2D eigenvalue weighted by molar-refractivity contribution is 5.76. The van der Waals surface area contributed by atoms with E-state index in [9.17, 15) is 14.4 Å². The van der Waals surface area contributed by atoms with Gasteiger partial charge in [-0.25, -0.2) is 14.3 Å². The molecule has 0 saturated heterocycles. The lowest BCUT2D eigenvalue weighted by Gasteiger charge is -2.21. The van der Waals surface area contributed by atoms with Crippen LogP contribution >= 0.6 is 0 Å². The zero-order valence-corrected chi connectivity index (χ0v) is 19.3. The van der Waals surface area contributed by atoms with Crippen molar-refractivity contribution in [3.63, 3.8) is 0 Å². The van der Waals surface area contributed by atoms with E-state index in [2.05, 4.69) is 12.0 Å². The van der Waals surface area contributed by atoms with Gasteiger partial charge in [0.2, 0.25) is 0 Å². The van der Waals surface area contributed by atoms with Gasteiger partial charge in [-0.05, 0) is 38.0 Å². The summed E-state index contributed by atoms with van der Waals surface area (Å²) in [5, 5.41) is 13.3. The first kappa shape index (κ1) is 25.2. The first-order valence-corrected chi connectivity index (χ1v) is 11.0. The fourth-order valence-electron chi connectivity index (χ4n) is 3.03. The zero-order valence-electron chi connectivity index (χ0n) is 19.3. The van der Waals surface area contributed by atoms with Crippen LogP contribution in [0.3, 0.4) is 0 Å². The highest BCUT2D eigenvalue weighted by Crippen LogP contribution is 2.19. The number of hydrogen-bond donors (Lipinski definition) is 1. The molecule has 0 atom stereocenters. The summed E-state index contributed by atoms with van der Waals surface area (Å²) in [5.74, 6) is -0.696. The maximum absolute atomic E-state index is 12.3. The van der Waals surface area contributed by atoms with Gasteiger partial charge in [0.05, 0.1) is 6.61 Å². The van der Waals surface area contributed by atoms with Crippen LogP contribution in [0, 0.1) is 0 Å². The summed E-state index contributed by atoms with van der Waals surface area (Å²) in [5.41, 5.74) is -1.41. The minimum Gasteiger partial charge on any atom is -0.478 e. The summed E-state index contributed by atoms with van der Waals surface area (Å²) in [6.45, 7) is 5.76. The van der Waals surface area contributed by atoms with Crippen LogP contribution in [0.15, 0.2) is 33.9 Å². The molecule has 1 aromatic carbocycles. The number of hydrogen-bond acceptors (Lipinski definition) is 6. The molecule has 1 N–H and O–H groups in total. The van der Waals surface area contributed by atoms with Crippen molar-refractivity contribution < 1.29 is 19.4 Å². The molecule has 0 aliphatic carbocycles. The number of benzene rings is 1. The molecular formula is C23H33N3O6. The van der Waals surface area contributed by atoms with E-state index in [1.807, 2.05) is 0 Å². The molecule has 0 amide bonds. The summed E-state index contributed by atoms with van der Waals surface area (Å²) in [4.78, 5) is 35.8. The summed E-state index contributed by atoms with van der Waals surface area (Å²) in [6, 6.07) is 6.99. The Kier molecular flexibility index (Phi) is 9.04. The van der Waals surface area contributed by atoms with Crippen LogP contribution < -0.4 is 20.7 Å². The molecular weight excluding hydrogens is 414 g/mol. The van der Waals surface area contributed by atoms with Crippen LogP contribution in [0.2, 0.25) is 0 Å². The van der Waals surface area contributed by atoms with Gasteiger partial charge in [0, 0.05) is 20.0 Å². The van der Waals surface area contributed by atoms with Crippen molar-refractivity contribution in [3.8, 4) is 11.6 Å². The Bertz CT molecular complexity index is 1010. The molecule has 0 saturated carbocycles. The highest BCUT2D eigenvalue weighted by Gasteiger charge is 2.29. The summed E-state index contributed by atoms with van der Waals surface area (Å²) in [7, 11) is 1.42. The molecule has 1 heterocycles. The molecule has 0 unspecified atom stereocenters. The molecule has 9 heteroatoms. The lowest BCUT2D eigenvalue weighted by atomic mass is 10.1. The molecule has 32 heavy (non-hydrogen) atoms. The van der Waals surface area contributed by atoms with E-state index in [4.69, 9.17) is 14.6 Å². The Balaban J connectivity index is 1.96. The number of ether oxygens (including phenoxy) is 2. The predicted molar refractivity (Wildman–Crippen MR) is 120 cm³/mol. The van der Waals surface area contributed by atoms with E-state index in [1.165, 1.54) is 25.6 Å². The van der Waals surface area contributed by atoms with Crippen molar-refractivity contribution in [2.45, 2.75) is 71.4 Å². The van der Waals surface area contributed by atoms with Crippen LogP contribution in [0.5, 0.6) is 11.6 Å². The van der Waals surface area contributed by atoms with Crippen molar-refractivity contribution in [2.75, 3.05) is 6.61 Å². The largest absolute Gasteiger partial charge is 0.478 e. The summed E-state index contributed by atoms with van der Waals surface area (Å²) >= 11 is 0. The van der Waals surface area contributed by atoms with E-state index in [-0.39, 0.29) is 12.5 Å². The molecule has 176 valence electrons. The first-order valence-electron chi connectivity index (χ1n) is 11.0.